The molecule has 5 heteroatoms. The van der Waals surface area contributed by atoms with E-state index in [9.17, 15) is 9.00 Å². The molecule has 1 aliphatic heterocycles. The number of carboxylic acid groups (broad SMARTS) is 1. The van der Waals surface area contributed by atoms with Crippen LogP contribution in [0.4, 0.5) is 0 Å². The van der Waals surface area contributed by atoms with Gasteiger partial charge in [-0.25, -0.2) is 0 Å². The molecule has 0 aromatic heterocycles. The van der Waals surface area contributed by atoms with E-state index in [1.807, 2.05) is 6.92 Å². The minimum absolute atomic E-state index is 0.00922. The van der Waals surface area contributed by atoms with Gasteiger partial charge in [-0.05, 0) is 20.8 Å². The number of carboxylic acids is 1. The molecule has 0 aromatic carbocycles. The quantitative estimate of drug-likeness (QED) is 0.630. The molecule has 1 unspecified atom stereocenters. The molecule has 0 radical (unpaired) electrons. The van der Waals surface area contributed by atoms with Gasteiger partial charge in [0.2, 0.25) is 0 Å². The first kappa shape index (κ1) is 10.7. The van der Waals surface area contributed by atoms with Gasteiger partial charge >= 0.3 is 5.97 Å². The molecule has 76 valence electrons. The maximum absolute atomic E-state index is 11.6. The first-order valence-electron chi connectivity index (χ1n) is 4.23. The van der Waals surface area contributed by atoms with Crippen molar-refractivity contribution in [2.45, 2.75) is 37.6 Å². The van der Waals surface area contributed by atoms with Crippen LogP contribution in [0.5, 0.6) is 0 Å². The number of hydrogen-bond donors (Lipinski definition) is 2. The van der Waals surface area contributed by atoms with Gasteiger partial charge in [0.25, 0.3) is 0 Å². The maximum atomic E-state index is 11.6. The molecule has 4 nitrogen and oxygen atoms in total. The van der Waals surface area contributed by atoms with E-state index < -0.39 is 27.6 Å². The second-order valence-electron chi connectivity index (χ2n) is 3.95. The lowest BCUT2D eigenvalue weighted by molar-refractivity contribution is -0.140. The van der Waals surface area contributed by atoms with Crippen LogP contribution in [0.25, 0.3) is 0 Å². The lowest BCUT2D eigenvalue weighted by Crippen LogP contribution is -2.62. The monoisotopic (exact) mass is 205 g/mol. The lowest BCUT2D eigenvalue weighted by Gasteiger charge is -2.38. The Morgan fingerprint density at radius 3 is 2.62 bits per heavy atom. The van der Waals surface area contributed by atoms with Crippen LogP contribution in [0.2, 0.25) is 0 Å². The number of carbonyl (C=O) groups is 1. The summed E-state index contributed by atoms with van der Waals surface area (Å²) in [6.45, 7) is 5.30. The smallest absolute Gasteiger partial charge is 0.322 e. The SMILES string of the molecule is C[C@H]1CS(=O)C(C)(C)[C@H](C(=O)O)N1. The van der Waals surface area contributed by atoms with Gasteiger partial charge in [0.1, 0.15) is 6.04 Å². The molecular formula is C8H15NO3S. The van der Waals surface area contributed by atoms with E-state index in [1.54, 1.807) is 13.8 Å². The Balaban J connectivity index is 2.92. The molecule has 0 aliphatic carbocycles. The van der Waals surface area contributed by atoms with Crippen molar-refractivity contribution in [1.82, 2.24) is 5.32 Å². The molecule has 1 aliphatic rings. The Kier molecular flexibility index (Phi) is 2.77. The van der Waals surface area contributed by atoms with E-state index in [2.05, 4.69) is 5.32 Å². The summed E-state index contributed by atoms with van der Waals surface area (Å²) in [4.78, 5) is 10.9. The summed E-state index contributed by atoms with van der Waals surface area (Å²) in [5.41, 5.74) is 0. The summed E-state index contributed by atoms with van der Waals surface area (Å²) in [5, 5.41) is 11.9. The molecule has 2 N–H and O–H groups in total. The van der Waals surface area contributed by atoms with Crippen LogP contribution in [-0.4, -0.2) is 37.9 Å². The topological polar surface area (TPSA) is 66.4 Å². The summed E-state index contributed by atoms with van der Waals surface area (Å²) >= 11 is 0. The van der Waals surface area contributed by atoms with E-state index in [0.717, 1.165) is 0 Å². The van der Waals surface area contributed by atoms with Crippen molar-refractivity contribution in [3.63, 3.8) is 0 Å². The van der Waals surface area contributed by atoms with Gasteiger partial charge < -0.3 is 5.11 Å². The van der Waals surface area contributed by atoms with E-state index in [4.69, 9.17) is 5.11 Å². The highest BCUT2D eigenvalue weighted by Gasteiger charge is 2.44. The van der Waals surface area contributed by atoms with Crippen molar-refractivity contribution in [3.8, 4) is 0 Å². The van der Waals surface area contributed by atoms with Crippen molar-refractivity contribution < 1.29 is 14.1 Å². The van der Waals surface area contributed by atoms with Crippen LogP contribution >= 0.6 is 0 Å². The van der Waals surface area contributed by atoms with Gasteiger partial charge in [-0.15, -0.1) is 0 Å². The largest absolute Gasteiger partial charge is 0.480 e. The minimum atomic E-state index is -1.07. The standard InChI is InChI=1S/C8H15NO3S/c1-5-4-13(12)8(2,3)6(9-5)7(10)11/h5-6,9H,4H2,1-3H3,(H,10,11)/t5-,6-,13?/m0/s1. The number of nitrogens with one attached hydrogen (secondary N) is 1. The highest BCUT2D eigenvalue weighted by atomic mass is 32.2. The number of rotatable bonds is 1. The molecule has 1 rings (SSSR count). The predicted octanol–water partition coefficient (Wildman–Crippen LogP) is -0.0414. The zero-order chi connectivity index (χ0) is 10.2. The molecule has 0 amide bonds. The van der Waals surface area contributed by atoms with Gasteiger partial charge in [0, 0.05) is 22.6 Å². The van der Waals surface area contributed by atoms with Crippen LogP contribution < -0.4 is 5.32 Å². The Labute approximate surface area is 80.2 Å². The normalized spacial score (nSPS) is 38.5. The third-order valence-corrected chi connectivity index (χ3v) is 4.59. The number of aliphatic carboxylic acids is 1. The predicted molar refractivity (Wildman–Crippen MR) is 51.1 cm³/mol. The fraction of sp³-hybridized carbons (Fsp3) is 0.875. The molecule has 0 saturated carbocycles. The Morgan fingerprint density at radius 2 is 2.15 bits per heavy atom. The molecule has 13 heavy (non-hydrogen) atoms. The van der Waals surface area contributed by atoms with E-state index in [-0.39, 0.29) is 6.04 Å². The lowest BCUT2D eigenvalue weighted by atomic mass is 10.0. The summed E-state index contributed by atoms with van der Waals surface area (Å²) in [6, 6.07) is -0.702. The molecule has 1 saturated heterocycles. The van der Waals surface area contributed by atoms with Gasteiger partial charge in [-0.2, -0.15) is 0 Å². The third-order valence-electron chi connectivity index (χ3n) is 2.38. The summed E-state index contributed by atoms with van der Waals surface area (Å²) in [5.74, 6) is -0.401. The van der Waals surface area contributed by atoms with Crippen LogP contribution in [0, 0.1) is 0 Å². The third kappa shape index (κ3) is 1.91. The summed E-state index contributed by atoms with van der Waals surface area (Å²) in [7, 11) is -1.07. The average molecular weight is 205 g/mol. The average Bonchev–Trinajstić information content (AvgIpc) is 1.96. The summed E-state index contributed by atoms with van der Waals surface area (Å²) < 4.78 is 11.0. The van der Waals surface area contributed by atoms with E-state index in [1.165, 1.54) is 0 Å². The van der Waals surface area contributed by atoms with Crippen molar-refractivity contribution in [2.75, 3.05) is 5.75 Å². The highest BCUT2D eigenvalue weighted by molar-refractivity contribution is 7.86. The van der Waals surface area contributed by atoms with Crippen molar-refractivity contribution in [3.05, 3.63) is 0 Å². The van der Waals surface area contributed by atoms with Crippen LogP contribution in [-0.2, 0) is 15.6 Å². The Morgan fingerprint density at radius 1 is 1.62 bits per heavy atom. The number of hydrogen-bond acceptors (Lipinski definition) is 3. The molecule has 0 bridgehead atoms. The maximum Gasteiger partial charge on any atom is 0.322 e. The van der Waals surface area contributed by atoms with Gasteiger partial charge in [0.15, 0.2) is 0 Å². The second-order valence-corrected chi connectivity index (χ2v) is 6.03. The Hall–Kier alpha value is -0.420. The fourth-order valence-electron chi connectivity index (χ4n) is 1.48. The van der Waals surface area contributed by atoms with Crippen molar-refractivity contribution >= 4 is 16.8 Å². The van der Waals surface area contributed by atoms with E-state index >= 15 is 0 Å². The van der Waals surface area contributed by atoms with Crippen LogP contribution in [0.15, 0.2) is 0 Å². The zero-order valence-corrected chi connectivity index (χ0v) is 8.85. The van der Waals surface area contributed by atoms with Crippen molar-refractivity contribution in [1.29, 1.82) is 0 Å². The van der Waals surface area contributed by atoms with Gasteiger partial charge in [-0.1, -0.05) is 0 Å². The fourth-order valence-corrected chi connectivity index (χ4v) is 2.89. The molecule has 0 aromatic rings. The van der Waals surface area contributed by atoms with Crippen LogP contribution in [0.1, 0.15) is 20.8 Å². The highest BCUT2D eigenvalue weighted by Crippen LogP contribution is 2.23. The second kappa shape index (κ2) is 3.38. The molecular weight excluding hydrogens is 190 g/mol. The minimum Gasteiger partial charge on any atom is -0.480 e. The summed E-state index contributed by atoms with van der Waals surface area (Å²) in [6.07, 6.45) is 0. The first-order valence-corrected chi connectivity index (χ1v) is 5.55. The zero-order valence-electron chi connectivity index (χ0n) is 8.03. The molecule has 0 spiro atoms. The van der Waals surface area contributed by atoms with Gasteiger partial charge in [0.05, 0.1) is 4.75 Å². The van der Waals surface area contributed by atoms with E-state index in [0.29, 0.717) is 5.75 Å². The Bertz CT molecular complexity index is 252. The molecule has 1 fully saturated rings. The van der Waals surface area contributed by atoms with Crippen molar-refractivity contribution in [2.24, 2.45) is 0 Å². The van der Waals surface area contributed by atoms with Gasteiger partial charge in [-0.3, -0.25) is 14.3 Å². The molecule has 3 atom stereocenters. The van der Waals surface area contributed by atoms with Crippen LogP contribution in [0.3, 0.4) is 0 Å². The first-order chi connectivity index (χ1) is 5.85. The molecule has 1 heterocycles.